The molecule has 0 aromatic heterocycles. The molecule has 0 saturated carbocycles. The molecule has 1 aromatic rings. The summed E-state index contributed by atoms with van der Waals surface area (Å²) in [5, 5.41) is 0. The summed E-state index contributed by atoms with van der Waals surface area (Å²) in [5.41, 5.74) is 0.874. The normalized spacial score (nSPS) is 22.2. The van der Waals surface area contributed by atoms with Gasteiger partial charge in [0, 0.05) is 37.1 Å². The minimum absolute atomic E-state index is 0.138. The minimum Gasteiger partial charge on any atom is -0.490 e. The Hall–Kier alpha value is -1.97. The molecule has 19 heavy (non-hydrogen) atoms. The lowest BCUT2D eigenvalue weighted by Crippen LogP contribution is -2.24. The van der Waals surface area contributed by atoms with Gasteiger partial charge in [-0.1, -0.05) is 6.08 Å². The fourth-order valence-electron chi connectivity index (χ4n) is 2.46. The molecule has 0 radical (unpaired) electrons. The first-order valence-electron chi connectivity index (χ1n) is 6.60. The SMILES string of the molecule is C=CC1CC(=O)N(c2ccc3c(c2)OCCCO3)C1. The van der Waals surface area contributed by atoms with Gasteiger partial charge >= 0.3 is 0 Å². The van der Waals surface area contributed by atoms with E-state index in [1.54, 1.807) is 4.90 Å². The molecule has 0 aliphatic carbocycles. The molecule has 0 N–H and O–H groups in total. The van der Waals surface area contributed by atoms with Gasteiger partial charge in [-0.05, 0) is 12.1 Å². The van der Waals surface area contributed by atoms with Crippen molar-refractivity contribution >= 4 is 11.6 Å². The number of hydrogen-bond donors (Lipinski definition) is 0. The maximum atomic E-state index is 12.0. The van der Waals surface area contributed by atoms with E-state index in [9.17, 15) is 4.79 Å². The molecule has 2 aliphatic heterocycles. The standard InChI is InChI=1S/C15H17NO3/c1-2-11-8-15(17)16(10-11)12-4-5-13-14(9-12)19-7-3-6-18-13/h2,4-5,9,11H,1,3,6-8,10H2. The van der Waals surface area contributed by atoms with Crippen molar-refractivity contribution in [3.8, 4) is 11.5 Å². The molecule has 1 fully saturated rings. The van der Waals surface area contributed by atoms with Crippen molar-refractivity contribution in [3.63, 3.8) is 0 Å². The monoisotopic (exact) mass is 259 g/mol. The maximum Gasteiger partial charge on any atom is 0.227 e. The fraction of sp³-hybridized carbons (Fsp3) is 0.400. The second-order valence-corrected chi connectivity index (χ2v) is 4.89. The summed E-state index contributed by atoms with van der Waals surface area (Å²) in [6.45, 7) is 5.79. The minimum atomic E-state index is 0.138. The first-order chi connectivity index (χ1) is 9.28. The predicted octanol–water partition coefficient (Wildman–Crippen LogP) is 2.39. The Labute approximate surface area is 112 Å². The third kappa shape index (κ3) is 2.30. The molecule has 0 spiro atoms. The summed E-state index contributed by atoms with van der Waals surface area (Å²) < 4.78 is 11.2. The number of amides is 1. The largest absolute Gasteiger partial charge is 0.490 e. The lowest BCUT2D eigenvalue weighted by atomic mass is 10.1. The molecule has 2 aliphatic rings. The van der Waals surface area contributed by atoms with Crippen LogP contribution in [-0.2, 0) is 4.79 Å². The Bertz CT molecular complexity index is 512. The van der Waals surface area contributed by atoms with E-state index in [4.69, 9.17) is 9.47 Å². The topological polar surface area (TPSA) is 38.8 Å². The first-order valence-corrected chi connectivity index (χ1v) is 6.60. The average molecular weight is 259 g/mol. The Morgan fingerprint density at radius 3 is 2.79 bits per heavy atom. The molecular formula is C15H17NO3. The van der Waals surface area contributed by atoms with Gasteiger partial charge < -0.3 is 14.4 Å². The van der Waals surface area contributed by atoms with Crippen LogP contribution in [0.4, 0.5) is 5.69 Å². The second kappa shape index (κ2) is 4.96. The van der Waals surface area contributed by atoms with Crippen molar-refractivity contribution in [1.29, 1.82) is 0 Å². The van der Waals surface area contributed by atoms with Crippen molar-refractivity contribution in [2.24, 2.45) is 5.92 Å². The highest BCUT2D eigenvalue weighted by Crippen LogP contribution is 2.35. The molecule has 1 atom stereocenters. The fourth-order valence-corrected chi connectivity index (χ4v) is 2.46. The lowest BCUT2D eigenvalue weighted by Gasteiger charge is -2.18. The Balaban J connectivity index is 1.87. The van der Waals surface area contributed by atoms with E-state index in [-0.39, 0.29) is 11.8 Å². The number of nitrogens with zero attached hydrogens (tertiary/aromatic N) is 1. The van der Waals surface area contributed by atoms with Crippen molar-refractivity contribution < 1.29 is 14.3 Å². The zero-order valence-electron chi connectivity index (χ0n) is 10.8. The molecule has 0 bridgehead atoms. The van der Waals surface area contributed by atoms with Crippen molar-refractivity contribution in [2.45, 2.75) is 12.8 Å². The molecule has 100 valence electrons. The number of benzene rings is 1. The summed E-state index contributed by atoms with van der Waals surface area (Å²) in [5.74, 6) is 1.86. The zero-order chi connectivity index (χ0) is 13.2. The van der Waals surface area contributed by atoms with E-state index in [2.05, 4.69) is 6.58 Å². The number of ether oxygens (including phenoxy) is 2. The third-order valence-corrected chi connectivity index (χ3v) is 3.53. The second-order valence-electron chi connectivity index (χ2n) is 4.89. The van der Waals surface area contributed by atoms with Crippen molar-refractivity contribution in [1.82, 2.24) is 0 Å². The molecule has 1 saturated heterocycles. The molecule has 3 rings (SSSR count). The van der Waals surface area contributed by atoms with Crippen LogP contribution in [0.3, 0.4) is 0 Å². The number of carbonyl (C=O) groups excluding carboxylic acids is 1. The maximum absolute atomic E-state index is 12.0. The molecule has 1 aromatic carbocycles. The van der Waals surface area contributed by atoms with E-state index in [0.717, 1.165) is 23.6 Å². The molecule has 1 unspecified atom stereocenters. The number of hydrogen-bond acceptors (Lipinski definition) is 3. The predicted molar refractivity (Wildman–Crippen MR) is 72.7 cm³/mol. The van der Waals surface area contributed by atoms with Crippen LogP contribution in [0.5, 0.6) is 11.5 Å². The van der Waals surface area contributed by atoms with Gasteiger partial charge in [-0.25, -0.2) is 0 Å². The third-order valence-electron chi connectivity index (χ3n) is 3.53. The van der Waals surface area contributed by atoms with Gasteiger partial charge in [0.2, 0.25) is 5.91 Å². The number of fused-ring (bicyclic) bond motifs is 1. The highest BCUT2D eigenvalue weighted by molar-refractivity contribution is 5.96. The van der Waals surface area contributed by atoms with E-state index < -0.39 is 0 Å². The van der Waals surface area contributed by atoms with Gasteiger partial charge in [0.05, 0.1) is 13.2 Å². The smallest absolute Gasteiger partial charge is 0.227 e. The Kier molecular flexibility index (Phi) is 3.15. The molecular weight excluding hydrogens is 242 g/mol. The highest BCUT2D eigenvalue weighted by Gasteiger charge is 2.29. The van der Waals surface area contributed by atoms with Crippen LogP contribution in [0.25, 0.3) is 0 Å². The van der Waals surface area contributed by atoms with Crippen LogP contribution in [0.1, 0.15) is 12.8 Å². The van der Waals surface area contributed by atoms with Gasteiger partial charge in [0.1, 0.15) is 0 Å². The van der Waals surface area contributed by atoms with Gasteiger partial charge in [-0.3, -0.25) is 4.79 Å². The van der Waals surface area contributed by atoms with E-state index >= 15 is 0 Å². The van der Waals surface area contributed by atoms with Crippen molar-refractivity contribution in [3.05, 3.63) is 30.9 Å². The number of anilines is 1. The summed E-state index contributed by atoms with van der Waals surface area (Å²) >= 11 is 0. The Morgan fingerprint density at radius 1 is 1.26 bits per heavy atom. The number of carbonyl (C=O) groups is 1. The van der Waals surface area contributed by atoms with E-state index in [0.29, 0.717) is 26.2 Å². The van der Waals surface area contributed by atoms with Crippen LogP contribution in [-0.4, -0.2) is 25.7 Å². The molecule has 1 amide bonds. The van der Waals surface area contributed by atoms with E-state index in [1.807, 2.05) is 24.3 Å². The van der Waals surface area contributed by atoms with Crippen LogP contribution in [0.15, 0.2) is 30.9 Å². The van der Waals surface area contributed by atoms with Gasteiger partial charge in [0.25, 0.3) is 0 Å². The van der Waals surface area contributed by atoms with E-state index in [1.165, 1.54) is 0 Å². The van der Waals surface area contributed by atoms with Crippen LogP contribution < -0.4 is 14.4 Å². The Morgan fingerprint density at radius 2 is 2.05 bits per heavy atom. The first kappa shape index (κ1) is 12.1. The van der Waals surface area contributed by atoms with Crippen molar-refractivity contribution in [2.75, 3.05) is 24.7 Å². The zero-order valence-corrected chi connectivity index (χ0v) is 10.8. The van der Waals surface area contributed by atoms with Crippen LogP contribution in [0, 0.1) is 5.92 Å². The molecule has 2 heterocycles. The molecule has 4 nitrogen and oxygen atoms in total. The number of rotatable bonds is 2. The molecule has 4 heteroatoms. The lowest BCUT2D eigenvalue weighted by molar-refractivity contribution is -0.117. The summed E-state index contributed by atoms with van der Waals surface area (Å²) in [6, 6.07) is 5.69. The van der Waals surface area contributed by atoms with Gasteiger partial charge in [0.15, 0.2) is 11.5 Å². The highest BCUT2D eigenvalue weighted by atomic mass is 16.5. The summed E-state index contributed by atoms with van der Waals surface area (Å²) in [4.78, 5) is 13.8. The quantitative estimate of drug-likeness (QED) is 0.765. The van der Waals surface area contributed by atoms with Gasteiger partial charge in [-0.2, -0.15) is 0 Å². The summed E-state index contributed by atoms with van der Waals surface area (Å²) in [7, 11) is 0. The summed E-state index contributed by atoms with van der Waals surface area (Å²) in [6.07, 6.45) is 3.27. The van der Waals surface area contributed by atoms with Crippen LogP contribution in [0.2, 0.25) is 0 Å². The average Bonchev–Trinajstić information content (AvgIpc) is 2.66. The van der Waals surface area contributed by atoms with Crippen LogP contribution >= 0.6 is 0 Å². The van der Waals surface area contributed by atoms with Gasteiger partial charge in [-0.15, -0.1) is 6.58 Å².